The van der Waals surface area contributed by atoms with Crippen molar-refractivity contribution in [3.8, 4) is 5.75 Å². The van der Waals surface area contributed by atoms with Gasteiger partial charge in [0.1, 0.15) is 5.75 Å². The highest BCUT2D eigenvalue weighted by Crippen LogP contribution is 2.37. The molecule has 1 aliphatic heterocycles. The summed E-state index contributed by atoms with van der Waals surface area (Å²) in [5.74, 6) is 0.729. The number of anilines is 2. The van der Waals surface area contributed by atoms with Crippen LogP contribution in [0.2, 0.25) is 0 Å². The number of hydrogen-bond acceptors (Lipinski definition) is 3. The van der Waals surface area contributed by atoms with Crippen LogP contribution >= 0.6 is 0 Å². The Hall–Kier alpha value is -2.30. The molecule has 0 radical (unpaired) electrons. The highest BCUT2D eigenvalue weighted by Gasteiger charge is 2.32. The first-order chi connectivity index (χ1) is 10.1. The van der Waals surface area contributed by atoms with E-state index in [0.717, 1.165) is 12.8 Å². The minimum absolute atomic E-state index is 0.0535. The second-order valence-corrected chi connectivity index (χ2v) is 5.44. The van der Waals surface area contributed by atoms with Gasteiger partial charge in [-0.25, -0.2) is 0 Å². The molecule has 2 aliphatic rings. The molecule has 21 heavy (non-hydrogen) atoms. The second kappa shape index (κ2) is 5.24. The number of benzene rings is 1. The number of rotatable bonds is 4. The molecular formula is C16H18N2O3. The van der Waals surface area contributed by atoms with Crippen molar-refractivity contribution in [2.75, 3.05) is 16.8 Å². The highest BCUT2D eigenvalue weighted by molar-refractivity contribution is 6.01. The lowest BCUT2D eigenvalue weighted by Crippen LogP contribution is -2.44. The van der Waals surface area contributed by atoms with E-state index >= 15 is 0 Å². The summed E-state index contributed by atoms with van der Waals surface area (Å²) < 4.78 is 5.64. The summed E-state index contributed by atoms with van der Waals surface area (Å²) in [6, 6.07) is 5.36. The van der Waals surface area contributed by atoms with Crippen LogP contribution in [0.1, 0.15) is 19.8 Å². The molecule has 0 bridgehead atoms. The van der Waals surface area contributed by atoms with E-state index in [-0.39, 0.29) is 17.7 Å². The standard InChI is InChI=1S/C16H18N2O3/c1-3-8-18-13-7-6-12(17-15(19)11-4-5-11)9-14(13)21-10(2)16(18)20/h3,6-7,9-11H,1,4-5,8H2,2H3,(H,17,19). The van der Waals surface area contributed by atoms with Gasteiger partial charge in [0.2, 0.25) is 5.91 Å². The Bertz CT molecular complexity index is 608. The minimum atomic E-state index is -0.535. The van der Waals surface area contributed by atoms with E-state index in [4.69, 9.17) is 4.74 Å². The fraction of sp³-hybridized carbons (Fsp3) is 0.375. The van der Waals surface area contributed by atoms with Crippen molar-refractivity contribution < 1.29 is 14.3 Å². The van der Waals surface area contributed by atoms with Gasteiger partial charge in [0.05, 0.1) is 5.69 Å². The summed E-state index contributed by atoms with van der Waals surface area (Å²) in [7, 11) is 0. The molecule has 110 valence electrons. The zero-order valence-electron chi connectivity index (χ0n) is 12.0. The first-order valence-electron chi connectivity index (χ1n) is 7.14. The molecule has 0 saturated heterocycles. The normalized spacial score (nSPS) is 20.5. The minimum Gasteiger partial charge on any atom is -0.479 e. The summed E-state index contributed by atoms with van der Waals surface area (Å²) in [4.78, 5) is 25.6. The third kappa shape index (κ3) is 2.63. The number of carbonyl (C=O) groups is 2. The summed E-state index contributed by atoms with van der Waals surface area (Å²) in [6.45, 7) is 5.84. The third-order valence-electron chi connectivity index (χ3n) is 3.70. The van der Waals surface area contributed by atoms with Crippen molar-refractivity contribution >= 4 is 23.2 Å². The molecule has 1 fully saturated rings. The van der Waals surface area contributed by atoms with Crippen molar-refractivity contribution in [3.05, 3.63) is 30.9 Å². The van der Waals surface area contributed by atoms with E-state index in [1.807, 2.05) is 0 Å². The molecule has 5 heteroatoms. The summed E-state index contributed by atoms with van der Waals surface area (Å²) in [5.41, 5.74) is 1.41. The molecule has 1 unspecified atom stereocenters. The molecule has 1 aromatic rings. The number of fused-ring (bicyclic) bond motifs is 1. The SMILES string of the molecule is C=CCN1C(=O)C(C)Oc2cc(NC(=O)C3CC3)ccc21. The third-order valence-corrected chi connectivity index (χ3v) is 3.70. The van der Waals surface area contributed by atoms with Gasteiger partial charge in [-0.2, -0.15) is 0 Å². The molecular weight excluding hydrogens is 268 g/mol. The monoisotopic (exact) mass is 286 g/mol. The molecule has 1 aromatic carbocycles. The average molecular weight is 286 g/mol. The fourth-order valence-electron chi connectivity index (χ4n) is 2.40. The van der Waals surface area contributed by atoms with E-state index in [0.29, 0.717) is 23.7 Å². The number of carbonyl (C=O) groups excluding carboxylic acids is 2. The van der Waals surface area contributed by atoms with E-state index in [9.17, 15) is 9.59 Å². The molecule has 1 aliphatic carbocycles. The van der Waals surface area contributed by atoms with Gasteiger partial charge in [-0.3, -0.25) is 9.59 Å². The molecule has 1 heterocycles. The zero-order chi connectivity index (χ0) is 15.0. The van der Waals surface area contributed by atoms with Gasteiger partial charge in [0, 0.05) is 24.2 Å². The summed E-state index contributed by atoms with van der Waals surface area (Å²) >= 11 is 0. The topological polar surface area (TPSA) is 58.6 Å². The van der Waals surface area contributed by atoms with Crippen molar-refractivity contribution in [1.82, 2.24) is 0 Å². The van der Waals surface area contributed by atoms with Crippen molar-refractivity contribution in [2.45, 2.75) is 25.9 Å². The Balaban J connectivity index is 1.86. The smallest absolute Gasteiger partial charge is 0.268 e. The maximum atomic E-state index is 12.1. The number of hydrogen-bond donors (Lipinski definition) is 1. The van der Waals surface area contributed by atoms with E-state index < -0.39 is 6.10 Å². The van der Waals surface area contributed by atoms with Crippen LogP contribution < -0.4 is 15.0 Å². The molecule has 0 aromatic heterocycles. The van der Waals surface area contributed by atoms with Crippen LogP contribution in [0.25, 0.3) is 0 Å². The predicted molar refractivity (Wildman–Crippen MR) is 80.4 cm³/mol. The number of nitrogens with one attached hydrogen (secondary N) is 1. The summed E-state index contributed by atoms with van der Waals surface area (Å²) in [5, 5.41) is 2.88. The van der Waals surface area contributed by atoms with Crippen molar-refractivity contribution in [3.63, 3.8) is 0 Å². The molecule has 1 N–H and O–H groups in total. The number of amides is 2. The largest absolute Gasteiger partial charge is 0.479 e. The van der Waals surface area contributed by atoms with E-state index in [2.05, 4.69) is 11.9 Å². The van der Waals surface area contributed by atoms with Gasteiger partial charge in [-0.05, 0) is 31.9 Å². The van der Waals surface area contributed by atoms with Crippen LogP contribution in [0.4, 0.5) is 11.4 Å². The number of ether oxygens (including phenoxy) is 1. The lowest BCUT2D eigenvalue weighted by Gasteiger charge is -2.32. The Kier molecular flexibility index (Phi) is 3.41. The first kappa shape index (κ1) is 13.7. The van der Waals surface area contributed by atoms with Crippen LogP contribution in [0.3, 0.4) is 0 Å². The van der Waals surface area contributed by atoms with Gasteiger partial charge in [0.15, 0.2) is 6.10 Å². The zero-order valence-corrected chi connectivity index (χ0v) is 12.0. The van der Waals surface area contributed by atoms with E-state index in [1.165, 1.54) is 0 Å². The predicted octanol–water partition coefficient (Wildman–Crippen LogP) is 2.33. The lowest BCUT2D eigenvalue weighted by molar-refractivity contribution is -0.125. The van der Waals surface area contributed by atoms with Crippen LogP contribution in [0.15, 0.2) is 30.9 Å². The highest BCUT2D eigenvalue weighted by atomic mass is 16.5. The Labute approximate surface area is 123 Å². The second-order valence-electron chi connectivity index (χ2n) is 5.44. The maximum Gasteiger partial charge on any atom is 0.268 e. The molecule has 1 saturated carbocycles. The van der Waals surface area contributed by atoms with Crippen molar-refractivity contribution in [2.24, 2.45) is 5.92 Å². The molecule has 0 spiro atoms. The van der Waals surface area contributed by atoms with Crippen molar-refractivity contribution in [1.29, 1.82) is 0 Å². The van der Waals surface area contributed by atoms with Gasteiger partial charge in [-0.1, -0.05) is 6.08 Å². The lowest BCUT2D eigenvalue weighted by atomic mass is 10.1. The van der Waals surface area contributed by atoms with Crippen LogP contribution in [-0.2, 0) is 9.59 Å². The first-order valence-corrected chi connectivity index (χ1v) is 7.14. The average Bonchev–Trinajstić information content (AvgIpc) is 3.28. The van der Waals surface area contributed by atoms with Gasteiger partial charge in [0.25, 0.3) is 5.91 Å². The Morgan fingerprint density at radius 2 is 2.29 bits per heavy atom. The van der Waals surface area contributed by atoms with Crippen LogP contribution in [0, 0.1) is 5.92 Å². The van der Waals surface area contributed by atoms with Gasteiger partial charge >= 0.3 is 0 Å². The van der Waals surface area contributed by atoms with Crippen LogP contribution in [-0.4, -0.2) is 24.5 Å². The van der Waals surface area contributed by atoms with Crippen LogP contribution in [0.5, 0.6) is 5.75 Å². The Morgan fingerprint density at radius 1 is 1.52 bits per heavy atom. The maximum absolute atomic E-state index is 12.1. The number of nitrogens with zero attached hydrogens (tertiary/aromatic N) is 1. The molecule has 1 atom stereocenters. The fourth-order valence-corrected chi connectivity index (χ4v) is 2.40. The molecule has 3 rings (SSSR count). The van der Waals surface area contributed by atoms with Gasteiger partial charge in [-0.15, -0.1) is 6.58 Å². The Morgan fingerprint density at radius 3 is 2.95 bits per heavy atom. The summed E-state index contributed by atoms with van der Waals surface area (Å²) in [6.07, 6.45) is 3.08. The quantitative estimate of drug-likeness (QED) is 0.864. The van der Waals surface area contributed by atoms with Gasteiger partial charge < -0.3 is 15.0 Å². The van der Waals surface area contributed by atoms with E-state index in [1.54, 1.807) is 36.1 Å². The molecule has 2 amide bonds. The molecule has 5 nitrogen and oxygen atoms in total.